The third kappa shape index (κ3) is 6.35. The molecular formula is C6H16ClNSi. The van der Waals surface area contributed by atoms with Crippen LogP contribution in [0.15, 0.2) is 0 Å². The fourth-order valence-corrected chi connectivity index (χ4v) is 3.23. The SMILES string of the molecule is CCNC(Cl)[SiH2]C(C)C. The molecule has 0 heterocycles. The van der Waals surface area contributed by atoms with Crippen molar-refractivity contribution in [2.75, 3.05) is 6.54 Å². The number of alkyl halides is 1. The topological polar surface area (TPSA) is 12.0 Å². The largest absolute Gasteiger partial charge is 0.305 e. The van der Waals surface area contributed by atoms with Crippen LogP contribution in [0.3, 0.4) is 0 Å². The van der Waals surface area contributed by atoms with Crippen molar-refractivity contribution >= 4 is 21.1 Å². The van der Waals surface area contributed by atoms with Crippen LogP contribution < -0.4 is 5.32 Å². The van der Waals surface area contributed by atoms with E-state index >= 15 is 0 Å². The molecule has 0 aliphatic carbocycles. The summed E-state index contributed by atoms with van der Waals surface area (Å²) in [6, 6.07) is 0. The van der Waals surface area contributed by atoms with Crippen LogP contribution >= 0.6 is 11.6 Å². The van der Waals surface area contributed by atoms with Gasteiger partial charge in [0.1, 0.15) is 0 Å². The van der Waals surface area contributed by atoms with Crippen LogP contribution in [-0.4, -0.2) is 21.2 Å². The smallest absolute Gasteiger partial charge is 0.0658 e. The highest BCUT2D eigenvalue weighted by Crippen LogP contribution is 2.02. The minimum Gasteiger partial charge on any atom is -0.305 e. The van der Waals surface area contributed by atoms with Crippen molar-refractivity contribution in [3.8, 4) is 0 Å². The maximum atomic E-state index is 5.93. The summed E-state index contributed by atoms with van der Waals surface area (Å²) in [7, 11) is -0.0862. The van der Waals surface area contributed by atoms with Gasteiger partial charge in [-0.15, -0.1) is 11.6 Å². The molecule has 0 aliphatic rings. The Morgan fingerprint density at radius 3 is 2.44 bits per heavy atom. The summed E-state index contributed by atoms with van der Waals surface area (Å²) >= 11 is 5.93. The number of hydrogen-bond donors (Lipinski definition) is 1. The molecule has 1 N–H and O–H groups in total. The maximum Gasteiger partial charge on any atom is 0.0658 e. The van der Waals surface area contributed by atoms with Crippen molar-refractivity contribution in [2.45, 2.75) is 31.4 Å². The van der Waals surface area contributed by atoms with Crippen LogP contribution in [0, 0.1) is 0 Å². The normalized spacial score (nSPS) is 15.7. The van der Waals surface area contributed by atoms with E-state index in [1.807, 2.05) is 0 Å². The summed E-state index contributed by atoms with van der Waals surface area (Å²) in [5.41, 5.74) is 0.826. The Labute approximate surface area is 65.0 Å². The monoisotopic (exact) mass is 165 g/mol. The second-order valence-electron chi connectivity index (χ2n) is 2.65. The molecule has 1 atom stereocenters. The van der Waals surface area contributed by atoms with Crippen LogP contribution in [0.25, 0.3) is 0 Å². The van der Waals surface area contributed by atoms with Gasteiger partial charge < -0.3 is 5.32 Å². The van der Waals surface area contributed by atoms with Gasteiger partial charge in [-0.3, -0.25) is 0 Å². The molecule has 0 spiro atoms. The first-order chi connectivity index (χ1) is 4.16. The van der Waals surface area contributed by atoms with Crippen molar-refractivity contribution in [1.29, 1.82) is 0 Å². The Balaban J connectivity index is 3.15. The number of rotatable bonds is 4. The molecule has 0 aromatic carbocycles. The quantitative estimate of drug-likeness (QED) is 0.374. The van der Waals surface area contributed by atoms with E-state index in [4.69, 9.17) is 11.6 Å². The average molecular weight is 166 g/mol. The number of hydrogen-bond acceptors (Lipinski definition) is 1. The van der Waals surface area contributed by atoms with Crippen molar-refractivity contribution in [3.05, 3.63) is 0 Å². The third-order valence-corrected chi connectivity index (χ3v) is 3.44. The van der Waals surface area contributed by atoms with Crippen LogP contribution in [0.4, 0.5) is 0 Å². The van der Waals surface area contributed by atoms with Gasteiger partial charge in [0.15, 0.2) is 0 Å². The Morgan fingerprint density at radius 2 is 2.11 bits per heavy atom. The first kappa shape index (κ1) is 9.47. The zero-order valence-electron chi connectivity index (χ0n) is 6.45. The second kappa shape index (κ2) is 5.27. The molecule has 0 fully saturated rings. The summed E-state index contributed by atoms with van der Waals surface area (Å²) in [6.45, 7) is 7.55. The van der Waals surface area contributed by atoms with E-state index in [2.05, 4.69) is 26.1 Å². The number of nitrogens with one attached hydrogen (secondary N) is 1. The van der Waals surface area contributed by atoms with Crippen molar-refractivity contribution in [2.24, 2.45) is 0 Å². The molecule has 0 aliphatic heterocycles. The van der Waals surface area contributed by atoms with Crippen LogP contribution in [-0.2, 0) is 0 Å². The average Bonchev–Trinajstić information content (AvgIpc) is 1.63. The first-order valence-corrected chi connectivity index (χ1v) is 5.61. The molecular weight excluding hydrogens is 150 g/mol. The Bertz CT molecular complexity index is 68.1. The zero-order valence-corrected chi connectivity index (χ0v) is 8.62. The Hall–Kier alpha value is 0.467. The minimum absolute atomic E-state index is 0.0862. The fourth-order valence-electron chi connectivity index (χ4n) is 0.719. The highest BCUT2D eigenvalue weighted by molar-refractivity contribution is 6.53. The van der Waals surface area contributed by atoms with Crippen molar-refractivity contribution in [3.63, 3.8) is 0 Å². The van der Waals surface area contributed by atoms with Crippen LogP contribution in [0.1, 0.15) is 20.8 Å². The molecule has 0 saturated heterocycles. The van der Waals surface area contributed by atoms with Crippen molar-refractivity contribution in [1.82, 2.24) is 5.32 Å². The summed E-state index contributed by atoms with van der Waals surface area (Å²) in [5.74, 6) is 0. The molecule has 1 nitrogen and oxygen atoms in total. The van der Waals surface area contributed by atoms with Gasteiger partial charge in [0.2, 0.25) is 0 Å². The molecule has 0 saturated carbocycles. The second-order valence-corrected chi connectivity index (χ2v) is 6.62. The molecule has 0 aromatic heterocycles. The van der Waals surface area contributed by atoms with Gasteiger partial charge >= 0.3 is 0 Å². The molecule has 0 rings (SSSR count). The molecule has 56 valence electrons. The molecule has 1 unspecified atom stereocenters. The Morgan fingerprint density at radius 1 is 1.56 bits per heavy atom. The van der Waals surface area contributed by atoms with Crippen molar-refractivity contribution < 1.29 is 0 Å². The van der Waals surface area contributed by atoms with E-state index in [0.717, 1.165) is 12.1 Å². The highest BCUT2D eigenvalue weighted by atomic mass is 35.5. The van der Waals surface area contributed by atoms with E-state index in [9.17, 15) is 0 Å². The lowest BCUT2D eigenvalue weighted by Gasteiger charge is -2.10. The molecule has 0 bridgehead atoms. The lowest BCUT2D eigenvalue weighted by atomic mass is 10.6. The van der Waals surface area contributed by atoms with Crippen LogP contribution in [0.5, 0.6) is 0 Å². The first-order valence-electron chi connectivity index (χ1n) is 3.54. The minimum atomic E-state index is -0.0862. The molecule has 0 amide bonds. The maximum absolute atomic E-state index is 5.93. The number of halogens is 1. The molecule has 0 radical (unpaired) electrons. The van der Waals surface area contributed by atoms with E-state index in [1.165, 1.54) is 0 Å². The molecule has 0 aromatic rings. The highest BCUT2D eigenvalue weighted by Gasteiger charge is 2.04. The van der Waals surface area contributed by atoms with Gasteiger partial charge in [-0.05, 0) is 6.54 Å². The van der Waals surface area contributed by atoms with Gasteiger partial charge in [-0.1, -0.05) is 26.3 Å². The summed E-state index contributed by atoms with van der Waals surface area (Å²) in [5, 5.41) is 3.50. The predicted molar refractivity (Wildman–Crippen MR) is 47.0 cm³/mol. The van der Waals surface area contributed by atoms with E-state index in [1.54, 1.807) is 0 Å². The lowest BCUT2D eigenvalue weighted by Crippen LogP contribution is -2.30. The molecule has 3 heteroatoms. The van der Waals surface area contributed by atoms with Gasteiger partial charge in [-0.25, -0.2) is 0 Å². The van der Waals surface area contributed by atoms with Gasteiger partial charge in [0, 0.05) is 0 Å². The van der Waals surface area contributed by atoms with E-state index in [-0.39, 0.29) is 9.52 Å². The van der Waals surface area contributed by atoms with E-state index in [0.29, 0.717) is 5.12 Å². The fraction of sp³-hybridized carbons (Fsp3) is 1.00. The van der Waals surface area contributed by atoms with Gasteiger partial charge in [0.05, 0.1) is 14.6 Å². The zero-order chi connectivity index (χ0) is 7.28. The lowest BCUT2D eigenvalue weighted by molar-refractivity contribution is 0.780. The third-order valence-electron chi connectivity index (χ3n) is 1.10. The Kier molecular flexibility index (Phi) is 5.54. The molecule has 9 heavy (non-hydrogen) atoms. The summed E-state index contributed by atoms with van der Waals surface area (Å²) < 4.78 is 0. The van der Waals surface area contributed by atoms with Gasteiger partial charge in [-0.2, -0.15) is 0 Å². The van der Waals surface area contributed by atoms with E-state index < -0.39 is 0 Å². The predicted octanol–water partition coefficient (Wildman–Crippen LogP) is 1.12. The summed E-state index contributed by atoms with van der Waals surface area (Å²) in [4.78, 5) is 0. The van der Waals surface area contributed by atoms with Gasteiger partial charge in [0.25, 0.3) is 0 Å². The van der Waals surface area contributed by atoms with Crippen LogP contribution in [0.2, 0.25) is 5.54 Å². The summed E-state index contributed by atoms with van der Waals surface area (Å²) in [6.07, 6.45) is 0. The standard InChI is InChI=1S/C6H16ClNSi/c1-4-8-6(7)9-5(2)3/h5-6,8H,4,9H2,1-3H3.